The van der Waals surface area contributed by atoms with E-state index < -0.39 is 0 Å². The molecule has 2 aromatic rings. The van der Waals surface area contributed by atoms with Gasteiger partial charge in [0.25, 0.3) is 0 Å². The van der Waals surface area contributed by atoms with Crippen LogP contribution < -0.4 is 10.6 Å². The van der Waals surface area contributed by atoms with Crippen molar-refractivity contribution in [2.75, 3.05) is 14.1 Å². The summed E-state index contributed by atoms with van der Waals surface area (Å²) in [5.74, 6) is 0.0594. The van der Waals surface area contributed by atoms with Crippen LogP contribution in [-0.2, 0) is 12.8 Å². The van der Waals surface area contributed by atoms with Crippen molar-refractivity contribution < 1.29 is 0 Å². The molecule has 0 fully saturated rings. The zero-order valence-corrected chi connectivity index (χ0v) is 20.1. The van der Waals surface area contributed by atoms with Gasteiger partial charge in [0, 0.05) is 31.9 Å². The quantitative estimate of drug-likeness (QED) is 0.427. The van der Waals surface area contributed by atoms with Crippen LogP contribution >= 0.6 is 0 Å². The van der Waals surface area contributed by atoms with E-state index in [0.717, 1.165) is 29.7 Å². The normalized spacial score (nSPS) is 13.3. The van der Waals surface area contributed by atoms with Crippen LogP contribution in [0.4, 0.5) is 0 Å². The molecule has 1 unspecified atom stereocenters. The molecule has 0 aromatic heterocycles. The fourth-order valence-electron chi connectivity index (χ4n) is 4.08. The van der Waals surface area contributed by atoms with Crippen molar-refractivity contribution in [2.45, 2.75) is 46.5 Å². The first-order valence-corrected chi connectivity index (χ1v) is 11.0. The molecule has 0 aliphatic heterocycles. The predicted octanol–water partition coefficient (Wildman–Crippen LogP) is 6.61. The Kier molecular flexibility index (Phi) is 8.93. The zero-order chi connectivity index (χ0) is 23.0. The minimum atomic E-state index is 0.0594. The smallest absolute Gasteiger partial charge is 0.0378 e. The van der Waals surface area contributed by atoms with Crippen molar-refractivity contribution in [3.63, 3.8) is 0 Å². The summed E-state index contributed by atoms with van der Waals surface area (Å²) in [7, 11) is 3.92. The first-order chi connectivity index (χ1) is 14.8. The lowest BCUT2D eigenvalue weighted by Crippen LogP contribution is -2.18. The lowest BCUT2D eigenvalue weighted by atomic mass is 9.76. The fourth-order valence-corrected chi connectivity index (χ4v) is 4.08. The molecule has 31 heavy (non-hydrogen) atoms. The van der Waals surface area contributed by atoms with Gasteiger partial charge < -0.3 is 10.6 Å². The van der Waals surface area contributed by atoms with E-state index in [4.69, 9.17) is 0 Å². The summed E-state index contributed by atoms with van der Waals surface area (Å²) in [6, 6.07) is 17.7. The van der Waals surface area contributed by atoms with Crippen LogP contribution in [-0.4, -0.2) is 14.1 Å². The van der Waals surface area contributed by atoms with Gasteiger partial charge in [-0.25, -0.2) is 0 Å². The summed E-state index contributed by atoms with van der Waals surface area (Å²) in [4.78, 5) is 0. The summed E-state index contributed by atoms with van der Waals surface area (Å²) in [5.41, 5.74) is 11.0. The SMILES string of the molecule is C=C(C)/C(=C\NC)C(/C(C(=C)C)=C(\C)NC)c1ccccc1CCc1ccc(C)cc1. The topological polar surface area (TPSA) is 24.1 Å². The van der Waals surface area contributed by atoms with Gasteiger partial charge in [-0.2, -0.15) is 0 Å². The van der Waals surface area contributed by atoms with Gasteiger partial charge in [-0.3, -0.25) is 0 Å². The van der Waals surface area contributed by atoms with Gasteiger partial charge in [0.2, 0.25) is 0 Å². The van der Waals surface area contributed by atoms with Crippen molar-refractivity contribution >= 4 is 0 Å². The van der Waals surface area contributed by atoms with Crippen LogP contribution in [0.1, 0.15) is 48.9 Å². The number of hydrogen-bond acceptors (Lipinski definition) is 2. The Hall–Kier alpha value is -3.00. The van der Waals surface area contributed by atoms with Gasteiger partial charge in [-0.15, -0.1) is 0 Å². The Morgan fingerprint density at radius 2 is 1.55 bits per heavy atom. The van der Waals surface area contributed by atoms with Crippen molar-refractivity contribution in [3.8, 4) is 0 Å². The Morgan fingerprint density at radius 3 is 2.10 bits per heavy atom. The molecule has 0 saturated carbocycles. The molecule has 2 rings (SSSR count). The van der Waals surface area contributed by atoms with E-state index in [2.05, 4.69) is 106 Å². The minimum Gasteiger partial charge on any atom is -0.394 e. The highest BCUT2D eigenvalue weighted by atomic mass is 14.8. The molecule has 0 spiro atoms. The monoisotopic (exact) mass is 414 g/mol. The van der Waals surface area contributed by atoms with Crippen LogP contribution in [0.5, 0.6) is 0 Å². The Balaban J connectivity index is 2.61. The number of nitrogens with one attached hydrogen (secondary N) is 2. The first-order valence-electron chi connectivity index (χ1n) is 11.0. The van der Waals surface area contributed by atoms with Gasteiger partial charge in [0.1, 0.15) is 0 Å². The molecule has 0 aliphatic carbocycles. The zero-order valence-electron chi connectivity index (χ0n) is 20.1. The van der Waals surface area contributed by atoms with Gasteiger partial charge in [0.15, 0.2) is 0 Å². The summed E-state index contributed by atoms with van der Waals surface area (Å²) >= 11 is 0. The molecule has 2 aromatic carbocycles. The highest BCUT2D eigenvalue weighted by Gasteiger charge is 2.26. The molecule has 0 aliphatic rings. The van der Waals surface area contributed by atoms with Crippen molar-refractivity contribution in [3.05, 3.63) is 118 Å². The van der Waals surface area contributed by atoms with Crippen molar-refractivity contribution in [1.29, 1.82) is 0 Å². The second-order valence-corrected chi connectivity index (χ2v) is 8.36. The fraction of sp³-hybridized carbons (Fsp3) is 0.310. The van der Waals surface area contributed by atoms with Gasteiger partial charge in [0.05, 0.1) is 0 Å². The van der Waals surface area contributed by atoms with E-state index in [1.807, 2.05) is 14.1 Å². The Bertz CT molecular complexity index is 974. The summed E-state index contributed by atoms with van der Waals surface area (Å²) in [5, 5.41) is 6.59. The van der Waals surface area contributed by atoms with Gasteiger partial charge in [-0.1, -0.05) is 78.4 Å². The van der Waals surface area contributed by atoms with Crippen LogP contribution in [0, 0.1) is 6.92 Å². The lowest BCUT2D eigenvalue weighted by Gasteiger charge is -2.29. The average Bonchev–Trinajstić information content (AvgIpc) is 2.75. The molecule has 0 heterocycles. The molecule has 1 atom stereocenters. The lowest BCUT2D eigenvalue weighted by molar-refractivity contribution is 0.833. The highest BCUT2D eigenvalue weighted by Crippen LogP contribution is 2.40. The third-order valence-corrected chi connectivity index (χ3v) is 5.80. The predicted molar refractivity (Wildman–Crippen MR) is 136 cm³/mol. The molecule has 2 nitrogen and oxygen atoms in total. The molecule has 2 N–H and O–H groups in total. The molecule has 0 amide bonds. The van der Waals surface area contributed by atoms with Gasteiger partial charge >= 0.3 is 0 Å². The molecule has 2 heteroatoms. The van der Waals surface area contributed by atoms with E-state index in [1.165, 1.54) is 33.4 Å². The average molecular weight is 415 g/mol. The maximum absolute atomic E-state index is 4.33. The summed E-state index contributed by atoms with van der Waals surface area (Å²) < 4.78 is 0. The molecule has 164 valence electrons. The van der Waals surface area contributed by atoms with E-state index in [-0.39, 0.29) is 5.92 Å². The molecule has 0 saturated heterocycles. The number of hydrogen-bond donors (Lipinski definition) is 2. The van der Waals surface area contributed by atoms with Crippen LogP contribution in [0.2, 0.25) is 0 Å². The van der Waals surface area contributed by atoms with Crippen LogP contribution in [0.15, 0.2) is 95.9 Å². The van der Waals surface area contributed by atoms with Crippen molar-refractivity contribution in [2.24, 2.45) is 0 Å². The Labute approximate surface area is 189 Å². The minimum absolute atomic E-state index is 0.0594. The van der Waals surface area contributed by atoms with E-state index in [0.29, 0.717) is 0 Å². The standard InChI is InChI=1S/C29H38N2/c1-20(2)27(19-30-7)29(28(21(3)4)23(6)31-8)26-12-10-9-11-25(26)18-17-24-15-13-22(5)14-16-24/h9-16,19,29-31H,1,3,17-18H2,2,4-8H3/b27-19+,28-23+. The summed E-state index contributed by atoms with van der Waals surface area (Å²) in [6.07, 6.45) is 4.08. The third-order valence-electron chi connectivity index (χ3n) is 5.80. The first kappa shape index (κ1) is 24.3. The number of rotatable bonds is 10. The molecule has 0 radical (unpaired) electrons. The van der Waals surface area contributed by atoms with E-state index >= 15 is 0 Å². The summed E-state index contributed by atoms with van der Waals surface area (Å²) in [6.45, 7) is 17.1. The number of aryl methyl sites for hydroxylation is 3. The number of allylic oxidation sites excluding steroid dienone is 5. The maximum Gasteiger partial charge on any atom is 0.0378 e. The number of benzene rings is 2. The largest absolute Gasteiger partial charge is 0.394 e. The Morgan fingerprint density at radius 1 is 0.903 bits per heavy atom. The molecule has 0 bridgehead atoms. The van der Waals surface area contributed by atoms with E-state index in [9.17, 15) is 0 Å². The second-order valence-electron chi connectivity index (χ2n) is 8.36. The highest BCUT2D eigenvalue weighted by molar-refractivity contribution is 5.54. The maximum atomic E-state index is 4.33. The second kappa shape index (κ2) is 11.4. The van der Waals surface area contributed by atoms with Gasteiger partial charge in [-0.05, 0) is 68.4 Å². The third kappa shape index (κ3) is 6.24. The molecular formula is C29H38N2. The van der Waals surface area contributed by atoms with Crippen LogP contribution in [0.25, 0.3) is 0 Å². The van der Waals surface area contributed by atoms with Crippen LogP contribution in [0.3, 0.4) is 0 Å². The van der Waals surface area contributed by atoms with Crippen molar-refractivity contribution in [1.82, 2.24) is 10.6 Å². The molecular weight excluding hydrogens is 376 g/mol. The van der Waals surface area contributed by atoms with E-state index in [1.54, 1.807) is 0 Å².